The first-order valence-corrected chi connectivity index (χ1v) is 10.9. The van der Waals surface area contributed by atoms with Gasteiger partial charge in [0.2, 0.25) is 0 Å². The predicted octanol–water partition coefficient (Wildman–Crippen LogP) is 4.36. The van der Waals surface area contributed by atoms with Gasteiger partial charge in [0.25, 0.3) is 5.91 Å². The number of carbonyl (C=O) groups is 2. The topological polar surface area (TPSA) is 73.2 Å². The number of fused-ring (bicyclic) bond motifs is 1. The van der Waals surface area contributed by atoms with Crippen molar-refractivity contribution in [3.05, 3.63) is 65.0 Å². The lowest BCUT2D eigenvalue weighted by Crippen LogP contribution is -2.25. The molecule has 1 aromatic heterocycles. The van der Waals surface area contributed by atoms with Crippen LogP contribution in [0.5, 0.6) is 0 Å². The molecule has 0 spiro atoms. The lowest BCUT2D eigenvalue weighted by Gasteiger charge is -2.10. The number of imidazole rings is 1. The Labute approximate surface area is 183 Å². The quantitative estimate of drug-likeness (QED) is 0.390. The Morgan fingerprint density at radius 3 is 2.65 bits per heavy atom. The number of aryl methyl sites for hydroxylation is 3. The molecule has 6 nitrogen and oxygen atoms in total. The molecule has 0 aliphatic rings. The molecule has 0 fully saturated rings. The largest absolute Gasteiger partial charge is 0.465 e. The molecule has 2 aromatic carbocycles. The molecule has 164 valence electrons. The maximum Gasteiger partial charge on any atom is 0.326 e. The van der Waals surface area contributed by atoms with Crippen LogP contribution in [0, 0.1) is 13.8 Å². The number of amides is 1. The molecule has 1 amide bonds. The summed E-state index contributed by atoms with van der Waals surface area (Å²) in [5.74, 6) is 0.628. The predicted molar refractivity (Wildman–Crippen MR) is 122 cm³/mol. The second-order valence-electron chi connectivity index (χ2n) is 7.79. The van der Waals surface area contributed by atoms with Gasteiger partial charge in [-0.2, -0.15) is 0 Å². The molecule has 0 aliphatic carbocycles. The third-order valence-electron chi connectivity index (χ3n) is 5.32. The van der Waals surface area contributed by atoms with Gasteiger partial charge in [0.15, 0.2) is 0 Å². The summed E-state index contributed by atoms with van der Waals surface area (Å²) >= 11 is 0. The summed E-state index contributed by atoms with van der Waals surface area (Å²) in [5, 5.41) is 3.01. The van der Waals surface area contributed by atoms with Crippen molar-refractivity contribution in [1.82, 2.24) is 14.9 Å². The van der Waals surface area contributed by atoms with Crippen LogP contribution in [-0.4, -0.2) is 34.6 Å². The summed E-state index contributed by atoms with van der Waals surface area (Å²) < 4.78 is 7.08. The minimum absolute atomic E-state index is 0.0197. The summed E-state index contributed by atoms with van der Waals surface area (Å²) in [6.45, 7) is 6.99. The van der Waals surface area contributed by atoms with Crippen molar-refractivity contribution in [2.75, 3.05) is 13.2 Å². The second-order valence-corrected chi connectivity index (χ2v) is 7.79. The molecular formula is C25H31N3O3. The van der Waals surface area contributed by atoms with Gasteiger partial charge >= 0.3 is 5.97 Å². The number of hydrogen-bond donors (Lipinski definition) is 1. The van der Waals surface area contributed by atoms with E-state index in [2.05, 4.69) is 5.32 Å². The number of nitrogens with zero attached hydrogens (tertiary/aromatic N) is 2. The highest BCUT2D eigenvalue weighted by Crippen LogP contribution is 2.18. The minimum atomic E-state index is -0.249. The van der Waals surface area contributed by atoms with Gasteiger partial charge in [-0.1, -0.05) is 36.2 Å². The van der Waals surface area contributed by atoms with E-state index in [1.54, 1.807) is 0 Å². The highest BCUT2D eigenvalue weighted by molar-refractivity contribution is 5.95. The van der Waals surface area contributed by atoms with Crippen LogP contribution >= 0.6 is 0 Å². The number of unbranched alkanes of at least 4 members (excludes halogenated alkanes) is 2. The first-order chi connectivity index (χ1) is 15.0. The average molecular weight is 422 g/mol. The number of carbonyl (C=O) groups excluding carboxylic acids is 2. The minimum Gasteiger partial charge on any atom is -0.465 e. The summed E-state index contributed by atoms with van der Waals surface area (Å²) in [5.41, 5.74) is 4.73. The average Bonchev–Trinajstić information content (AvgIpc) is 3.08. The molecule has 0 unspecified atom stereocenters. The summed E-state index contributed by atoms with van der Waals surface area (Å²) in [6, 6.07) is 13.7. The van der Waals surface area contributed by atoms with Gasteiger partial charge in [0, 0.05) is 18.5 Å². The number of ether oxygens (including phenoxy) is 1. The third kappa shape index (κ3) is 5.94. The molecule has 0 saturated carbocycles. The van der Waals surface area contributed by atoms with E-state index in [1.165, 1.54) is 0 Å². The fraction of sp³-hybridized carbons (Fsp3) is 0.400. The molecule has 6 heteroatoms. The van der Waals surface area contributed by atoms with Gasteiger partial charge in [-0.05, 0) is 57.4 Å². The second kappa shape index (κ2) is 10.8. The molecule has 0 bridgehead atoms. The van der Waals surface area contributed by atoms with E-state index < -0.39 is 0 Å². The summed E-state index contributed by atoms with van der Waals surface area (Å²) in [6.07, 6.45) is 3.58. The van der Waals surface area contributed by atoms with Crippen molar-refractivity contribution in [1.29, 1.82) is 0 Å². The Morgan fingerprint density at radius 2 is 1.87 bits per heavy atom. The van der Waals surface area contributed by atoms with Crippen LogP contribution in [0.15, 0.2) is 42.5 Å². The van der Waals surface area contributed by atoms with E-state index in [-0.39, 0.29) is 18.4 Å². The van der Waals surface area contributed by atoms with Crippen molar-refractivity contribution >= 4 is 22.9 Å². The molecule has 1 heterocycles. The van der Waals surface area contributed by atoms with Gasteiger partial charge < -0.3 is 14.6 Å². The maximum absolute atomic E-state index is 12.4. The number of esters is 1. The van der Waals surface area contributed by atoms with E-state index in [0.717, 1.165) is 59.2 Å². The lowest BCUT2D eigenvalue weighted by molar-refractivity contribution is -0.143. The van der Waals surface area contributed by atoms with Crippen LogP contribution in [0.4, 0.5) is 0 Å². The first kappa shape index (κ1) is 22.5. The SMILES string of the molecule is CCOC(=O)Cn1c(CCCCCNC(=O)c2ccc(C)cc2C)nc2ccccc21. The standard InChI is InChI=1S/C25H31N3O3/c1-4-31-24(29)17-28-22-11-8-7-10-21(22)27-23(28)12-6-5-9-15-26-25(30)20-14-13-18(2)16-19(20)3/h7-8,10-11,13-14,16H,4-6,9,12,15,17H2,1-3H3,(H,26,30). The molecule has 31 heavy (non-hydrogen) atoms. The lowest BCUT2D eigenvalue weighted by atomic mass is 10.1. The van der Waals surface area contributed by atoms with E-state index >= 15 is 0 Å². The molecule has 0 aliphatic heterocycles. The van der Waals surface area contributed by atoms with Crippen LogP contribution in [-0.2, 0) is 22.5 Å². The molecule has 3 aromatic rings. The first-order valence-electron chi connectivity index (χ1n) is 10.9. The van der Waals surface area contributed by atoms with Crippen molar-refractivity contribution in [3.8, 4) is 0 Å². The van der Waals surface area contributed by atoms with Crippen LogP contribution in [0.25, 0.3) is 11.0 Å². The van der Waals surface area contributed by atoms with Gasteiger partial charge in [-0.3, -0.25) is 9.59 Å². The molecule has 3 rings (SSSR count). The molecule has 0 radical (unpaired) electrons. The van der Waals surface area contributed by atoms with Crippen molar-refractivity contribution in [3.63, 3.8) is 0 Å². The normalized spacial score (nSPS) is 10.9. The zero-order chi connectivity index (χ0) is 22.2. The maximum atomic E-state index is 12.4. The van der Waals surface area contributed by atoms with Crippen molar-refractivity contribution in [2.24, 2.45) is 0 Å². The van der Waals surface area contributed by atoms with Gasteiger partial charge in [-0.15, -0.1) is 0 Å². The van der Waals surface area contributed by atoms with E-state index in [4.69, 9.17) is 9.72 Å². The monoisotopic (exact) mass is 421 g/mol. The van der Waals surface area contributed by atoms with Crippen LogP contribution in [0.3, 0.4) is 0 Å². The van der Waals surface area contributed by atoms with E-state index in [0.29, 0.717) is 13.2 Å². The Hall–Kier alpha value is -3.15. The Balaban J connectivity index is 1.50. The number of rotatable bonds is 10. The van der Waals surface area contributed by atoms with E-state index in [9.17, 15) is 9.59 Å². The zero-order valence-electron chi connectivity index (χ0n) is 18.6. The van der Waals surface area contributed by atoms with Crippen LogP contribution in [0.2, 0.25) is 0 Å². The molecular weight excluding hydrogens is 390 g/mol. The number of hydrogen-bond acceptors (Lipinski definition) is 4. The van der Waals surface area contributed by atoms with Gasteiger partial charge in [-0.25, -0.2) is 4.98 Å². The fourth-order valence-electron chi connectivity index (χ4n) is 3.78. The van der Waals surface area contributed by atoms with E-state index in [1.807, 2.05) is 67.8 Å². The smallest absolute Gasteiger partial charge is 0.326 e. The highest BCUT2D eigenvalue weighted by Gasteiger charge is 2.14. The molecule has 0 saturated heterocycles. The third-order valence-corrected chi connectivity index (χ3v) is 5.32. The summed E-state index contributed by atoms with van der Waals surface area (Å²) in [4.78, 5) is 29.1. The van der Waals surface area contributed by atoms with Crippen LogP contribution in [0.1, 0.15) is 53.5 Å². The van der Waals surface area contributed by atoms with Crippen molar-refractivity contribution in [2.45, 2.75) is 53.0 Å². The molecule has 1 N–H and O–H groups in total. The summed E-state index contributed by atoms with van der Waals surface area (Å²) in [7, 11) is 0. The van der Waals surface area contributed by atoms with Crippen LogP contribution < -0.4 is 5.32 Å². The number of aromatic nitrogens is 2. The number of para-hydroxylation sites is 2. The molecule has 0 atom stereocenters. The van der Waals surface area contributed by atoms with Gasteiger partial charge in [0.05, 0.1) is 17.6 Å². The Bertz CT molecular complexity index is 1060. The fourth-order valence-corrected chi connectivity index (χ4v) is 3.78. The van der Waals surface area contributed by atoms with Crippen molar-refractivity contribution < 1.29 is 14.3 Å². The Morgan fingerprint density at radius 1 is 1.06 bits per heavy atom. The highest BCUT2D eigenvalue weighted by atomic mass is 16.5. The number of nitrogens with one attached hydrogen (secondary N) is 1. The number of benzene rings is 2. The zero-order valence-corrected chi connectivity index (χ0v) is 18.6. The van der Waals surface area contributed by atoms with Gasteiger partial charge in [0.1, 0.15) is 12.4 Å². The Kier molecular flexibility index (Phi) is 7.82.